The lowest BCUT2D eigenvalue weighted by molar-refractivity contribution is 0.0254. The standard InChI is InChI=1S/C16H30N2/c1-16(10-4-9-15(16)17)12-18-11-5-7-13-6-2-3-8-14(13)18/h13-15H,2-12,17H2,1H3. The molecule has 3 aliphatic rings. The maximum Gasteiger partial charge on any atom is 0.0124 e. The molecule has 2 saturated carbocycles. The average molecular weight is 250 g/mol. The van der Waals surface area contributed by atoms with E-state index in [1.54, 1.807) is 0 Å². The van der Waals surface area contributed by atoms with Crippen LogP contribution in [0.3, 0.4) is 0 Å². The molecule has 2 N–H and O–H groups in total. The van der Waals surface area contributed by atoms with Crippen molar-refractivity contribution in [2.45, 2.75) is 76.8 Å². The van der Waals surface area contributed by atoms with Crippen LogP contribution in [-0.2, 0) is 0 Å². The molecule has 0 aromatic carbocycles. The van der Waals surface area contributed by atoms with Crippen molar-refractivity contribution in [2.24, 2.45) is 17.1 Å². The normalized spacial score (nSPS) is 46.0. The molecular weight excluding hydrogens is 220 g/mol. The largest absolute Gasteiger partial charge is 0.327 e. The van der Waals surface area contributed by atoms with Crippen LogP contribution >= 0.6 is 0 Å². The van der Waals surface area contributed by atoms with Crippen molar-refractivity contribution in [1.82, 2.24) is 4.90 Å². The summed E-state index contributed by atoms with van der Waals surface area (Å²) in [6, 6.07) is 1.35. The Bertz CT molecular complexity index is 289. The van der Waals surface area contributed by atoms with Crippen LogP contribution in [0, 0.1) is 11.3 Å². The van der Waals surface area contributed by atoms with Crippen molar-refractivity contribution in [2.75, 3.05) is 13.1 Å². The highest BCUT2D eigenvalue weighted by molar-refractivity contribution is 4.97. The maximum atomic E-state index is 6.37. The van der Waals surface area contributed by atoms with Crippen LogP contribution in [0.15, 0.2) is 0 Å². The summed E-state index contributed by atoms with van der Waals surface area (Å²) in [6.45, 7) is 5.05. The summed E-state index contributed by atoms with van der Waals surface area (Å²) in [5, 5.41) is 0. The van der Waals surface area contributed by atoms with Crippen molar-refractivity contribution in [3.8, 4) is 0 Å². The topological polar surface area (TPSA) is 29.3 Å². The SMILES string of the molecule is CC1(CN2CCCC3CCCCC32)CCCC1N. The predicted octanol–water partition coefficient (Wildman–Crippen LogP) is 3.16. The summed E-state index contributed by atoms with van der Waals surface area (Å²) in [6.07, 6.45) is 12.7. The highest BCUT2D eigenvalue weighted by Crippen LogP contribution is 2.41. The number of hydrogen-bond acceptors (Lipinski definition) is 2. The smallest absolute Gasteiger partial charge is 0.0124 e. The fourth-order valence-corrected chi connectivity index (χ4v) is 4.84. The van der Waals surface area contributed by atoms with Crippen molar-refractivity contribution in [3.05, 3.63) is 0 Å². The predicted molar refractivity (Wildman–Crippen MR) is 76.5 cm³/mol. The van der Waals surface area contributed by atoms with Gasteiger partial charge in [-0.25, -0.2) is 0 Å². The van der Waals surface area contributed by atoms with Crippen LogP contribution in [0.5, 0.6) is 0 Å². The van der Waals surface area contributed by atoms with E-state index in [1.807, 2.05) is 0 Å². The van der Waals surface area contributed by atoms with Gasteiger partial charge < -0.3 is 5.73 Å². The Labute approximate surface area is 112 Å². The first kappa shape index (κ1) is 12.9. The molecule has 0 aromatic rings. The molecule has 3 rings (SSSR count). The van der Waals surface area contributed by atoms with Crippen LogP contribution in [0.2, 0.25) is 0 Å². The summed E-state index contributed by atoms with van der Waals surface area (Å²) < 4.78 is 0. The first-order valence-electron chi connectivity index (χ1n) is 8.19. The second-order valence-electron chi connectivity index (χ2n) is 7.38. The zero-order valence-electron chi connectivity index (χ0n) is 12.0. The minimum atomic E-state index is 0.402. The third kappa shape index (κ3) is 2.34. The number of fused-ring (bicyclic) bond motifs is 1. The van der Waals surface area contributed by atoms with E-state index in [4.69, 9.17) is 5.73 Å². The fraction of sp³-hybridized carbons (Fsp3) is 1.00. The van der Waals surface area contributed by atoms with E-state index in [-0.39, 0.29) is 0 Å². The quantitative estimate of drug-likeness (QED) is 0.815. The molecule has 1 heterocycles. The molecule has 0 aromatic heterocycles. The van der Waals surface area contributed by atoms with Gasteiger partial charge in [0, 0.05) is 18.6 Å². The molecule has 2 heteroatoms. The van der Waals surface area contributed by atoms with Crippen LogP contribution in [-0.4, -0.2) is 30.1 Å². The monoisotopic (exact) mass is 250 g/mol. The molecule has 18 heavy (non-hydrogen) atoms. The molecule has 2 aliphatic carbocycles. The summed E-state index contributed by atoms with van der Waals surface area (Å²) in [7, 11) is 0. The van der Waals surface area contributed by atoms with Crippen LogP contribution in [0.1, 0.15) is 64.7 Å². The lowest BCUT2D eigenvalue weighted by Crippen LogP contribution is -2.53. The zero-order chi connectivity index (χ0) is 12.6. The Morgan fingerprint density at radius 2 is 1.83 bits per heavy atom. The van der Waals surface area contributed by atoms with Gasteiger partial charge in [0.15, 0.2) is 0 Å². The minimum absolute atomic E-state index is 0.402. The number of rotatable bonds is 2. The van der Waals surface area contributed by atoms with Gasteiger partial charge in [-0.3, -0.25) is 4.90 Å². The lowest BCUT2D eigenvalue weighted by atomic mass is 9.76. The van der Waals surface area contributed by atoms with E-state index in [1.165, 1.54) is 70.9 Å². The fourth-order valence-electron chi connectivity index (χ4n) is 4.84. The summed E-state index contributed by atoms with van der Waals surface area (Å²) in [4.78, 5) is 2.83. The summed E-state index contributed by atoms with van der Waals surface area (Å²) in [5.41, 5.74) is 6.77. The van der Waals surface area contributed by atoms with Gasteiger partial charge in [-0.2, -0.15) is 0 Å². The van der Waals surface area contributed by atoms with Gasteiger partial charge in [-0.15, -0.1) is 0 Å². The van der Waals surface area contributed by atoms with E-state index < -0.39 is 0 Å². The second kappa shape index (κ2) is 5.13. The molecule has 1 saturated heterocycles. The number of hydrogen-bond donors (Lipinski definition) is 1. The Hall–Kier alpha value is -0.0800. The van der Waals surface area contributed by atoms with Crippen molar-refractivity contribution >= 4 is 0 Å². The number of nitrogens with zero attached hydrogens (tertiary/aromatic N) is 1. The van der Waals surface area contributed by atoms with E-state index in [0.29, 0.717) is 11.5 Å². The molecule has 0 amide bonds. The molecular formula is C16H30N2. The average Bonchev–Trinajstić information content (AvgIpc) is 2.70. The first-order valence-corrected chi connectivity index (χ1v) is 8.19. The summed E-state index contributed by atoms with van der Waals surface area (Å²) >= 11 is 0. The molecule has 1 aliphatic heterocycles. The van der Waals surface area contributed by atoms with Crippen molar-refractivity contribution in [3.63, 3.8) is 0 Å². The van der Waals surface area contributed by atoms with Gasteiger partial charge in [0.2, 0.25) is 0 Å². The van der Waals surface area contributed by atoms with Gasteiger partial charge in [0.1, 0.15) is 0 Å². The third-order valence-electron chi connectivity index (χ3n) is 6.08. The van der Waals surface area contributed by atoms with Gasteiger partial charge in [-0.1, -0.05) is 26.2 Å². The molecule has 4 unspecified atom stereocenters. The Morgan fingerprint density at radius 1 is 1.06 bits per heavy atom. The molecule has 3 fully saturated rings. The van der Waals surface area contributed by atoms with Gasteiger partial charge in [-0.05, 0) is 56.4 Å². The number of piperidine rings is 1. The van der Waals surface area contributed by atoms with E-state index in [9.17, 15) is 0 Å². The van der Waals surface area contributed by atoms with Crippen LogP contribution in [0.25, 0.3) is 0 Å². The molecule has 2 nitrogen and oxygen atoms in total. The molecule has 0 radical (unpaired) electrons. The van der Waals surface area contributed by atoms with Crippen LogP contribution in [0.4, 0.5) is 0 Å². The Morgan fingerprint density at radius 3 is 2.61 bits per heavy atom. The van der Waals surface area contributed by atoms with Crippen molar-refractivity contribution < 1.29 is 0 Å². The van der Waals surface area contributed by atoms with Gasteiger partial charge in [0.05, 0.1) is 0 Å². The van der Waals surface area contributed by atoms with E-state index >= 15 is 0 Å². The van der Waals surface area contributed by atoms with E-state index in [2.05, 4.69) is 11.8 Å². The van der Waals surface area contributed by atoms with E-state index in [0.717, 1.165) is 12.0 Å². The van der Waals surface area contributed by atoms with Crippen LogP contribution < -0.4 is 5.73 Å². The maximum absolute atomic E-state index is 6.37. The molecule has 4 atom stereocenters. The minimum Gasteiger partial charge on any atom is -0.327 e. The van der Waals surface area contributed by atoms with Gasteiger partial charge >= 0.3 is 0 Å². The highest BCUT2D eigenvalue weighted by atomic mass is 15.2. The lowest BCUT2D eigenvalue weighted by Gasteiger charge is -2.47. The third-order valence-corrected chi connectivity index (χ3v) is 6.08. The first-order chi connectivity index (χ1) is 8.69. The second-order valence-corrected chi connectivity index (χ2v) is 7.38. The number of nitrogens with two attached hydrogens (primary N) is 1. The number of likely N-dealkylation sites (tertiary alicyclic amines) is 1. The van der Waals surface area contributed by atoms with Crippen molar-refractivity contribution in [1.29, 1.82) is 0 Å². The molecule has 104 valence electrons. The summed E-state index contributed by atoms with van der Waals surface area (Å²) in [5.74, 6) is 1.01. The Balaban J connectivity index is 1.67. The zero-order valence-corrected chi connectivity index (χ0v) is 12.0. The molecule has 0 bridgehead atoms. The molecule has 0 spiro atoms. The Kier molecular flexibility index (Phi) is 3.68. The highest BCUT2D eigenvalue weighted by Gasteiger charge is 2.41. The van der Waals surface area contributed by atoms with Gasteiger partial charge in [0.25, 0.3) is 0 Å².